The average Bonchev–Trinajstić information content (AvgIpc) is 3.28. The molecule has 6 heteroatoms. The maximum atomic E-state index is 4.45. The van der Waals surface area contributed by atoms with Gasteiger partial charge in [-0.05, 0) is 37.1 Å². The van der Waals surface area contributed by atoms with Gasteiger partial charge in [0.15, 0.2) is 0 Å². The van der Waals surface area contributed by atoms with Crippen molar-refractivity contribution in [1.29, 1.82) is 0 Å². The smallest absolute Gasteiger partial charge is 0.0958 e. The standard InChI is InChI=1S/C20H22N4S2/c1-3-9-19-17(7-1)21-15-23(19)11-5-13-25-26-14-6-12-24-16-22-18-8-2-4-10-20(18)24/h1-4,7-10,15-16H,5-6,11-14H2. The maximum absolute atomic E-state index is 4.45. The van der Waals surface area contributed by atoms with Crippen molar-refractivity contribution in [3.8, 4) is 0 Å². The fraction of sp³-hybridized carbons (Fsp3) is 0.300. The van der Waals surface area contributed by atoms with Crippen molar-refractivity contribution >= 4 is 43.7 Å². The number of hydrogen-bond acceptors (Lipinski definition) is 4. The van der Waals surface area contributed by atoms with Gasteiger partial charge in [-0.15, -0.1) is 0 Å². The van der Waals surface area contributed by atoms with E-state index < -0.39 is 0 Å². The molecule has 0 unspecified atom stereocenters. The zero-order valence-corrected chi connectivity index (χ0v) is 16.3. The summed E-state index contributed by atoms with van der Waals surface area (Å²) in [6.07, 6.45) is 6.25. The van der Waals surface area contributed by atoms with Gasteiger partial charge in [-0.25, -0.2) is 9.97 Å². The van der Waals surface area contributed by atoms with Crippen LogP contribution in [0.2, 0.25) is 0 Å². The molecule has 2 aromatic heterocycles. The third-order valence-corrected chi connectivity index (χ3v) is 6.97. The minimum absolute atomic E-state index is 1.04. The average molecular weight is 383 g/mol. The lowest BCUT2D eigenvalue weighted by molar-refractivity contribution is 0.702. The molecule has 2 aromatic carbocycles. The molecule has 4 nitrogen and oxygen atoms in total. The molecule has 134 valence electrons. The molecule has 0 saturated carbocycles. The second-order valence-corrected chi connectivity index (χ2v) is 8.91. The van der Waals surface area contributed by atoms with Crippen LogP contribution in [0.1, 0.15) is 12.8 Å². The summed E-state index contributed by atoms with van der Waals surface area (Å²) in [5.74, 6) is 2.34. The lowest BCUT2D eigenvalue weighted by Crippen LogP contribution is -1.98. The number of imidazole rings is 2. The van der Waals surface area contributed by atoms with Crippen LogP contribution in [0.15, 0.2) is 61.2 Å². The SMILES string of the molecule is c1ccc2c(c1)ncn2CCCSSCCCn1cnc2ccccc21. The van der Waals surface area contributed by atoms with Gasteiger partial charge in [-0.3, -0.25) is 0 Å². The number of aryl methyl sites for hydroxylation is 2. The van der Waals surface area contributed by atoms with Crippen molar-refractivity contribution in [2.24, 2.45) is 0 Å². The first-order valence-corrected chi connectivity index (χ1v) is 11.4. The highest BCUT2D eigenvalue weighted by atomic mass is 33.1. The van der Waals surface area contributed by atoms with Gasteiger partial charge >= 0.3 is 0 Å². The molecule has 0 saturated heterocycles. The molecule has 26 heavy (non-hydrogen) atoms. The summed E-state index contributed by atoms with van der Waals surface area (Å²) in [7, 11) is 3.96. The highest BCUT2D eigenvalue weighted by Gasteiger charge is 2.02. The third kappa shape index (κ3) is 4.07. The van der Waals surface area contributed by atoms with E-state index in [9.17, 15) is 0 Å². The number of rotatable bonds is 9. The van der Waals surface area contributed by atoms with E-state index in [0.29, 0.717) is 0 Å². The zero-order chi connectivity index (χ0) is 17.6. The van der Waals surface area contributed by atoms with E-state index in [2.05, 4.69) is 55.5 Å². The third-order valence-electron chi connectivity index (χ3n) is 4.39. The van der Waals surface area contributed by atoms with Crippen LogP contribution < -0.4 is 0 Å². The predicted molar refractivity (Wildman–Crippen MR) is 114 cm³/mol. The highest BCUT2D eigenvalue weighted by molar-refractivity contribution is 8.76. The van der Waals surface area contributed by atoms with Crippen LogP contribution in [-0.2, 0) is 13.1 Å². The Morgan fingerprint density at radius 3 is 1.62 bits per heavy atom. The van der Waals surface area contributed by atoms with Crippen LogP contribution in [0.25, 0.3) is 22.1 Å². The molecule has 0 amide bonds. The molecule has 0 N–H and O–H groups in total. The normalized spacial score (nSPS) is 11.5. The Labute approximate surface area is 161 Å². The fourth-order valence-electron chi connectivity index (χ4n) is 3.08. The monoisotopic (exact) mass is 382 g/mol. The van der Waals surface area contributed by atoms with Crippen molar-refractivity contribution in [2.45, 2.75) is 25.9 Å². The van der Waals surface area contributed by atoms with Crippen LogP contribution in [-0.4, -0.2) is 30.6 Å². The molecule has 0 aliphatic heterocycles. The van der Waals surface area contributed by atoms with E-state index in [-0.39, 0.29) is 0 Å². The molecule has 4 rings (SSSR count). The van der Waals surface area contributed by atoms with Crippen LogP contribution in [0.5, 0.6) is 0 Å². The molecule has 2 heterocycles. The quantitative estimate of drug-likeness (QED) is 0.293. The summed E-state index contributed by atoms with van der Waals surface area (Å²) >= 11 is 0. The van der Waals surface area contributed by atoms with Gasteiger partial charge in [0, 0.05) is 24.6 Å². The van der Waals surface area contributed by atoms with Gasteiger partial charge in [0.1, 0.15) is 0 Å². The van der Waals surface area contributed by atoms with Gasteiger partial charge in [-0.1, -0.05) is 45.9 Å². The van der Waals surface area contributed by atoms with Crippen LogP contribution in [0.3, 0.4) is 0 Å². The lowest BCUT2D eigenvalue weighted by atomic mass is 10.3. The summed E-state index contributed by atoms with van der Waals surface area (Å²) < 4.78 is 4.51. The number of fused-ring (bicyclic) bond motifs is 2. The minimum Gasteiger partial charge on any atom is -0.331 e. The summed E-state index contributed by atoms with van der Waals surface area (Å²) in [6.45, 7) is 2.07. The molecular formula is C20H22N4S2. The first-order valence-electron chi connectivity index (χ1n) is 8.96. The van der Waals surface area contributed by atoms with E-state index >= 15 is 0 Å². The number of benzene rings is 2. The summed E-state index contributed by atoms with van der Waals surface area (Å²) in [4.78, 5) is 8.90. The minimum atomic E-state index is 1.04. The number of hydrogen-bond donors (Lipinski definition) is 0. The largest absolute Gasteiger partial charge is 0.331 e. The van der Waals surface area contributed by atoms with Crippen molar-refractivity contribution in [2.75, 3.05) is 11.5 Å². The van der Waals surface area contributed by atoms with Crippen LogP contribution >= 0.6 is 21.6 Å². The van der Waals surface area contributed by atoms with E-state index in [1.807, 2.05) is 46.4 Å². The van der Waals surface area contributed by atoms with Gasteiger partial charge in [0.25, 0.3) is 0 Å². The topological polar surface area (TPSA) is 35.6 Å². The van der Waals surface area contributed by atoms with Crippen molar-refractivity contribution in [3.63, 3.8) is 0 Å². The number of aromatic nitrogens is 4. The number of nitrogens with zero attached hydrogens (tertiary/aromatic N) is 4. The summed E-state index contributed by atoms with van der Waals surface area (Å²) in [5.41, 5.74) is 4.64. The second-order valence-electron chi connectivity index (χ2n) is 6.20. The van der Waals surface area contributed by atoms with E-state index in [0.717, 1.165) is 24.1 Å². The molecule has 0 radical (unpaired) electrons. The zero-order valence-electron chi connectivity index (χ0n) is 14.6. The van der Waals surface area contributed by atoms with E-state index in [4.69, 9.17) is 0 Å². The molecule has 4 aromatic rings. The second kappa shape index (κ2) is 8.64. The molecular weight excluding hydrogens is 360 g/mol. The van der Waals surface area contributed by atoms with Gasteiger partial charge in [-0.2, -0.15) is 0 Å². The van der Waals surface area contributed by atoms with Gasteiger partial charge in [0.05, 0.1) is 34.7 Å². The predicted octanol–water partition coefficient (Wildman–Crippen LogP) is 5.25. The number of para-hydroxylation sites is 4. The fourth-order valence-corrected chi connectivity index (χ4v) is 5.23. The van der Waals surface area contributed by atoms with E-state index in [1.165, 1.54) is 35.4 Å². The Hall–Kier alpha value is -1.92. The molecule has 0 aliphatic rings. The first-order chi connectivity index (χ1) is 12.9. The maximum Gasteiger partial charge on any atom is 0.0958 e. The van der Waals surface area contributed by atoms with Crippen LogP contribution in [0, 0.1) is 0 Å². The summed E-state index contributed by atoms with van der Waals surface area (Å²) in [5, 5.41) is 0. The first kappa shape index (κ1) is 17.5. The van der Waals surface area contributed by atoms with Gasteiger partial charge < -0.3 is 9.13 Å². The van der Waals surface area contributed by atoms with Gasteiger partial charge in [0.2, 0.25) is 0 Å². The Morgan fingerprint density at radius 2 is 1.12 bits per heavy atom. The Morgan fingerprint density at radius 1 is 0.654 bits per heavy atom. The Bertz CT molecular complexity index is 896. The lowest BCUT2D eigenvalue weighted by Gasteiger charge is -2.05. The van der Waals surface area contributed by atoms with Crippen molar-refractivity contribution in [3.05, 3.63) is 61.2 Å². The molecule has 0 bridgehead atoms. The van der Waals surface area contributed by atoms with Crippen molar-refractivity contribution < 1.29 is 0 Å². The Kier molecular flexibility index (Phi) is 5.82. The summed E-state index contributed by atoms with van der Waals surface area (Å²) in [6, 6.07) is 16.7. The van der Waals surface area contributed by atoms with Crippen LogP contribution in [0.4, 0.5) is 0 Å². The molecule has 0 aliphatic carbocycles. The molecule has 0 atom stereocenters. The Balaban J connectivity index is 1.13. The highest BCUT2D eigenvalue weighted by Crippen LogP contribution is 2.24. The molecule has 0 spiro atoms. The molecule has 0 fully saturated rings. The van der Waals surface area contributed by atoms with Crippen molar-refractivity contribution in [1.82, 2.24) is 19.1 Å². The van der Waals surface area contributed by atoms with E-state index in [1.54, 1.807) is 0 Å².